The zero-order valence-electron chi connectivity index (χ0n) is 15.2. The normalized spacial score (nSPS) is 16.5. The Kier molecular flexibility index (Phi) is 5.48. The monoisotopic (exact) mass is 396 g/mol. The lowest BCUT2D eigenvalue weighted by Gasteiger charge is -2.16. The van der Waals surface area contributed by atoms with Crippen LogP contribution in [0.15, 0.2) is 51.7 Å². The van der Waals surface area contributed by atoms with Crippen LogP contribution < -0.4 is 5.32 Å². The minimum Gasteiger partial charge on any atom is -0.347 e. The number of nitrogens with zero attached hydrogens (tertiary/aromatic N) is 3. The van der Waals surface area contributed by atoms with Crippen LogP contribution in [0.25, 0.3) is 11.4 Å². The maximum atomic E-state index is 12.4. The number of rotatable bonds is 7. The highest BCUT2D eigenvalue weighted by atomic mass is 32.1. The second kappa shape index (κ2) is 8.35. The maximum Gasteiger partial charge on any atom is 0.246 e. The molecule has 28 heavy (non-hydrogen) atoms. The lowest BCUT2D eigenvalue weighted by molar-refractivity contribution is -0.129. The molecule has 2 amide bonds. The molecular formula is C20H20N4O3S. The number of hydrogen-bond donors (Lipinski definition) is 1. The van der Waals surface area contributed by atoms with Crippen molar-refractivity contribution >= 4 is 23.2 Å². The fourth-order valence-corrected chi connectivity index (χ4v) is 3.85. The fourth-order valence-electron chi connectivity index (χ4n) is 3.22. The first kappa shape index (κ1) is 18.4. The van der Waals surface area contributed by atoms with Gasteiger partial charge in [0.25, 0.3) is 0 Å². The van der Waals surface area contributed by atoms with Crippen molar-refractivity contribution in [2.75, 3.05) is 13.1 Å². The van der Waals surface area contributed by atoms with E-state index in [-0.39, 0.29) is 30.7 Å². The number of aromatic nitrogens is 2. The number of thiophene rings is 1. The number of hydrogen-bond acceptors (Lipinski definition) is 6. The van der Waals surface area contributed by atoms with Crippen molar-refractivity contribution in [3.8, 4) is 11.4 Å². The molecule has 2 aromatic heterocycles. The van der Waals surface area contributed by atoms with Crippen LogP contribution in [0.4, 0.5) is 0 Å². The average Bonchev–Trinajstić information content (AvgIpc) is 3.46. The molecule has 1 saturated heterocycles. The zero-order chi connectivity index (χ0) is 19.3. The van der Waals surface area contributed by atoms with Crippen LogP contribution in [-0.2, 0) is 22.6 Å². The van der Waals surface area contributed by atoms with Crippen molar-refractivity contribution in [2.45, 2.75) is 19.4 Å². The van der Waals surface area contributed by atoms with Gasteiger partial charge < -0.3 is 14.7 Å². The Labute approximate surface area is 166 Å². The molecule has 8 heteroatoms. The molecule has 3 heterocycles. The van der Waals surface area contributed by atoms with Crippen molar-refractivity contribution in [3.63, 3.8) is 0 Å². The van der Waals surface area contributed by atoms with E-state index in [2.05, 4.69) is 15.5 Å². The largest absolute Gasteiger partial charge is 0.347 e. The Morgan fingerprint density at radius 1 is 1.29 bits per heavy atom. The molecule has 0 bridgehead atoms. The molecule has 0 spiro atoms. The van der Waals surface area contributed by atoms with Gasteiger partial charge in [-0.25, -0.2) is 0 Å². The molecule has 1 aliphatic rings. The van der Waals surface area contributed by atoms with Crippen LogP contribution in [0.5, 0.6) is 0 Å². The number of nitrogens with one attached hydrogen (secondary N) is 1. The third-order valence-electron chi connectivity index (χ3n) is 4.76. The van der Waals surface area contributed by atoms with Gasteiger partial charge in [0, 0.05) is 30.5 Å². The molecule has 4 rings (SSSR count). The quantitative estimate of drug-likeness (QED) is 0.663. The molecule has 7 nitrogen and oxygen atoms in total. The molecule has 1 atom stereocenters. The molecule has 0 unspecified atom stereocenters. The lowest BCUT2D eigenvalue weighted by Crippen LogP contribution is -2.33. The van der Waals surface area contributed by atoms with Crippen LogP contribution >= 0.6 is 11.3 Å². The van der Waals surface area contributed by atoms with E-state index >= 15 is 0 Å². The van der Waals surface area contributed by atoms with Crippen molar-refractivity contribution in [3.05, 3.63) is 58.6 Å². The molecule has 3 aromatic rings. The second-order valence-corrected chi connectivity index (χ2v) is 7.50. The van der Waals surface area contributed by atoms with Gasteiger partial charge in [0.05, 0.1) is 12.5 Å². The maximum absolute atomic E-state index is 12.4. The topological polar surface area (TPSA) is 88.3 Å². The summed E-state index contributed by atoms with van der Waals surface area (Å²) in [5.74, 6) is 0.371. The van der Waals surface area contributed by atoms with Gasteiger partial charge in [0.1, 0.15) is 0 Å². The van der Waals surface area contributed by atoms with Gasteiger partial charge in [-0.05, 0) is 23.4 Å². The zero-order valence-corrected chi connectivity index (χ0v) is 16.0. The number of carbonyl (C=O) groups excluding carboxylic acids is 2. The smallest absolute Gasteiger partial charge is 0.246 e. The van der Waals surface area contributed by atoms with Crippen LogP contribution in [0.3, 0.4) is 0 Å². The van der Waals surface area contributed by atoms with Crippen LogP contribution in [0.2, 0.25) is 0 Å². The molecular weight excluding hydrogens is 376 g/mol. The molecule has 1 N–H and O–H groups in total. The van der Waals surface area contributed by atoms with Crippen molar-refractivity contribution in [2.24, 2.45) is 5.92 Å². The number of likely N-dealkylation sites (tertiary alicyclic amines) is 1. The molecule has 0 radical (unpaired) electrons. The average molecular weight is 396 g/mol. The van der Waals surface area contributed by atoms with Gasteiger partial charge in [-0.15, -0.1) is 0 Å². The third kappa shape index (κ3) is 4.28. The van der Waals surface area contributed by atoms with Crippen LogP contribution in [0, 0.1) is 5.92 Å². The van der Waals surface area contributed by atoms with Gasteiger partial charge in [0.15, 0.2) is 0 Å². The standard InChI is InChI=1S/C20H20N4O3S/c25-18-10-16(12-24(18)8-6-14-4-2-1-3-5-14)20(26)21-11-17-22-19(23-27-17)15-7-9-28-13-15/h1-5,7,9,13,16H,6,8,10-12H2,(H,21,26)/t16-/m1/s1. The minimum atomic E-state index is -0.345. The molecule has 0 aliphatic carbocycles. The molecule has 0 saturated carbocycles. The summed E-state index contributed by atoms with van der Waals surface area (Å²) in [5, 5.41) is 10.6. The van der Waals surface area contributed by atoms with E-state index < -0.39 is 0 Å². The van der Waals surface area contributed by atoms with E-state index in [1.165, 1.54) is 5.56 Å². The summed E-state index contributed by atoms with van der Waals surface area (Å²) >= 11 is 1.55. The summed E-state index contributed by atoms with van der Waals surface area (Å²) in [4.78, 5) is 30.7. The fraction of sp³-hybridized carbons (Fsp3) is 0.300. The van der Waals surface area contributed by atoms with E-state index in [1.54, 1.807) is 16.2 Å². The Hall–Kier alpha value is -3.00. The molecule has 1 aromatic carbocycles. The van der Waals surface area contributed by atoms with Crippen LogP contribution in [-0.4, -0.2) is 39.9 Å². The summed E-state index contributed by atoms with van der Waals surface area (Å²) in [6.07, 6.45) is 1.03. The number of benzene rings is 1. The van der Waals surface area contributed by atoms with Gasteiger partial charge in [-0.1, -0.05) is 35.5 Å². The molecule has 1 fully saturated rings. The Balaban J connectivity index is 1.26. The lowest BCUT2D eigenvalue weighted by atomic mass is 10.1. The van der Waals surface area contributed by atoms with Crippen LogP contribution in [0.1, 0.15) is 17.9 Å². The summed E-state index contributed by atoms with van der Waals surface area (Å²) < 4.78 is 5.18. The molecule has 1 aliphatic heterocycles. The first-order chi connectivity index (χ1) is 13.7. The van der Waals surface area contributed by atoms with Gasteiger partial charge in [-0.2, -0.15) is 16.3 Å². The SMILES string of the molecule is O=C(NCc1nc(-c2ccsc2)no1)[C@@H]1CC(=O)N(CCc2ccccc2)C1. The Morgan fingerprint density at radius 3 is 2.93 bits per heavy atom. The third-order valence-corrected chi connectivity index (χ3v) is 5.44. The van der Waals surface area contributed by atoms with E-state index in [4.69, 9.17) is 4.52 Å². The van der Waals surface area contributed by atoms with Crippen molar-refractivity contribution in [1.82, 2.24) is 20.4 Å². The number of carbonyl (C=O) groups is 2. The van der Waals surface area contributed by atoms with Gasteiger partial charge >= 0.3 is 0 Å². The van der Waals surface area contributed by atoms with Crippen molar-refractivity contribution < 1.29 is 14.1 Å². The summed E-state index contributed by atoms with van der Waals surface area (Å²) in [5.41, 5.74) is 2.07. The highest BCUT2D eigenvalue weighted by molar-refractivity contribution is 7.08. The van der Waals surface area contributed by atoms with E-state index in [1.807, 2.05) is 47.2 Å². The summed E-state index contributed by atoms with van der Waals surface area (Å²) in [7, 11) is 0. The van der Waals surface area contributed by atoms with Gasteiger partial charge in [0.2, 0.25) is 23.5 Å². The van der Waals surface area contributed by atoms with Gasteiger partial charge in [-0.3, -0.25) is 9.59 Å². The van der Waals surface area contributed by atoms with E-state index in [0.717, 1.165) is 12.0 Å². The first-order valence-electron chi connectivity index (χ1n) is 9.13. The van der Waals surface area contributed by atoms with E-state index in [0.29, 0.717) is 24.8 Å². The first-order valence-corrected chi connectivity index (χ1v) is 10.1. The van der Waals surface area contributed by atoms with Crippen molar-refractivity contribution in [1.29, 1.82) is 0 Å². The Morgan fingerprint density at radius 2 is 2.14 bits per heavy atom. The highest BCUT2D eigenvalue weighted by Crippen LogP contribution is 2.20. The predicted molar refractivity (Wildman–Crippen MR) is 104 cm³/mol. The molecule has 144 valence electrons. The Bertz CT molecular complexity index is 940. The summed E-state index contributed by atoms with van der Waals surface area (Å²) in [6, 6.07) is 11.9. The number of amides is 2. The minimum absolute atomic E-state index is 0.0219. The highest BCUT2D eigenvalue weighted by Gasteiger charge is 2.34. The van der Waals surface area contributed by atoms with E-state index in [9.17, 15) is 9.59 Å². The predicted octanol–water partition coefficient (Wildman–Crippen LogP) is 2.51. The summed E-state index contributed by atoms with van der Waals surface area (Å²) in [6.45, 7) is 1.23. The second-order valence-electron chi connectivity index (χ2n) is 6.72.